The number of carbonyl (C=O) groups is 1. The van der Waals surface area contributed by atoms with Crippen molar-refractivity contribution in [1.82, 2.24) is 0 Å². The van der Waals surface area contributed by atoms with Crippen LogP contribution in [0.2, 0.25) is 0 Å². The molecule has 126 valence electrons. The van der Waals surface area contributed by atoms with Gasteiger partial charge >= 0.3 is 0 Å². The Labute approximate surface area is 140 Å². The minimum atomic E-state index is -0.134. The van der Waals surface area contributed by atoms with E-state index in [0.717, 1.165) is 17.1 Å². The number of benzene rings is 2. The lowest BCUT2D eigenvalue weighted by Crippen LogP contribution is -2.21. The third-order valence-electron chi connectivity index (χ3n) is 3.34. The van der Waals surface area contributed by atoms with E-state index in [1.54, 1.807) is 0 Å². The van der Waals surface area contributed by atoms with Crippen LogP contribution in [-0.2, 0) is 4.79 Å². The number of amides is 1. The molecular weight excluding hydrogens is 308 g/mol. The molecule has 2 aromatic carbocycles. The van der Waals surface area contributed by atoms with Crippen LogP contribution in [0.3, 0.4) is 0 Å². The lowest BCUT2D eigenvalue weighted by molar-refractivity contribution is -0.114. The van der Waals surface area contributed by atoms with Crippen molar-refractivity contribution in [3.05, 3.63) is 42.5 Å². The summed E-state index contributed by atoms with van der Waals surface area (Å²) in [5.41, 5.74) is 1.53. The lowest BCUT2D eigenvalue weighted by Gasteiger charge is -2.11. The summed E-state index contributed by atoms with van der Waals surface area (Å²) in [6, 6.07) is 12.8. The Morgan fingerprint density at radius 3 is 2.54 bits per heavy atom. The van der Waals surface area contributed by atoms with Crippen LogP contribution in [0, 0.1) is 0 Å². The second kappa shape index (κ2) is 7.12. The Morgan fingerprint density at radius 2 is 1.79 bits per heavy atom. The van der Waals surface area contributed by atoms with Gasteiger partial charge in [0.15, 0.2) is 11.5 Å². The maximum Gasteiger partial charge on any atom is 0.243 e. The Balaban J connectivity index is 1.50. The smallest absolute Gasteiger partial charge is 0.243 e. The van der Waals surface area contributed by atoms with Crippen LogP contribution in [0.4, 0.5) is 11.4 Å². The first-order chi connectivity index (χ1) is 11.6. The van der Waals surface area contributed by atoms with Gasteiger partial charge in [0, 0.05) is 17.4 Å². The zero-order chi connectivity index (χ0) is 16.9. The molecule has 1 aliphatic rings. The Hall–Kier alpha value is -2.89. The highest BCUT2D eigenvalue weighted by Gasteiger charge is 2.13. The van der Waals surface area contributed by atoms with Crippen molar-refractivity contribution in [1.29, 1.82) is 0 Å². The van der Waals surface area contributed by atoms with Crippen molar-refractivity contribution < 1.29 is 19.0 Å². The van der Waals surface area contributed by atoms with Crippen LogP contribution in [-0.4, -0.2) is 25.3 Å². The fourth-order valence-electron chi connectivity index (χ4n) is 2.28. The molecule has 0 radical (unpaired) electrons. The molecule has 1 heterocycles. The number of hydrogen-bond donors (Lipinski definition) is 2. The molecule has 0 fully saturated rings. The molecule has 0 aliphatic carbocycles. The van der Waals surface area contributed by atoms with Crippen molar-refractivity contribution >= 4 is 17.3 Å². The largest absolute Gasteiger partial charge is 0.491 e. The van der Waals surface area contributed by atoms with Gasteiger partial charge in [0.1, 0.15) is 5.75 Å². The zero-order valence-electron chi connectivity index (χ0n) is 13.7. The van der Waals surface area contributed by atoms with Gasteiger partial charge in [-0.15, -0.1) is 0 Å². The average Bonchev–Trinajstić information content (AvgIpc) is 3.02. The van der Waals surface area contributed by atoms with Crippen LogP contribution in [0.1, 0.15) is 13.8 Å². The summed E-state index contributed by atoms with van der Waals surface area (Å²) in [6.45, 7) is 4.33. The molecular formula is C18H20N2O4. The molecule has 2 N–H and O–H groups in total. The van der Waals surface area contributed by atoms with E-state index >= 15 is 0 Å². The van der Waals surface area contributed by atoms with Crippen molar-refractivity contribution in [3.8, 4) is 17.2 Å². The van der Waals surface area contributed by atoms with Gasteiger partial charge in [-0.2, -0.15) is 0 Å². The van der Waals surface area contributed by atoms with Crippen molar-refractivity contribution in [2.75, 3.05) is 24.0 Å². The maximum atomic E-state index is 12.0. The first-order valence-electron chi connectivity index (χ1n) is 7.80. The second-order valence-corrected chi connectivity index (χ2v) is 5.66. The second-order valence-electron chi connectivity index (χ2n) is 5.66. The lowest BCUT2D eigenvalue weighted by atomic mass is 10.2. The van der Waals surface area contributed by atoms with Crippen LogP contribution >= 0.6 is 0 Å². The third kappa shape index (κ3) is 4.10. The van der Waals surface area contributed by atoms with E-state index in [0.29, 0.717) is 11.5 Å². The minimum Gasteiger partial charge on any atom is -0.491 e. The number of rotatable bonds is 6. The van der Waals surface area contributed by atoms with Gasteiger partial charge < -0.3 is 24.8 Å². The SMILES string of the molecule is CC(C)Oc1ccc(NC(=O)CNc2ccc3c(c2)OCO3)cc1. The van der Waals surface area contributed by atoms with E-state index in [4.69, 9.17) is 14.2 Å². The third-order valence-corrected chi connectivity index (χ3v) is 3.34. The summed E-state index contributed by atoms with van der Waals surface area (Å²) < 4.78 is 16.1. The topological polar surface area (TPSA) is 68.8 Å². The minimum absolute atomic E-state index is 0.122. The number of carbonyl (C=O) groups excluding carboxylic acids is 1. The van der Waals surface area contributed by atoms with E-state index < -0.39 is 0 Å². The van der Waals surface area contributed by atoms with Crippen LogP contribution in [0.25, 0.3) is 0 Å². The highest BCUT2D eigenvalue weighted by atomic mass is 16.7. The monoisotopic (exact) mass is 328 g/mol. The van der Waals surface area contributed by atoms with Gasteiger partial charge in [0.2, 0.25) is 12.7 Å². The Morgan fingerprint density at radius 1 is 1.08 bits per heavy atom. The zero-order valence-corrected chi connectivity index (χ0v) is 13.7. The summed E-state index contributed by atoms with van der Waals surface area (Å²) >= 11 is 0. The average molecular weight is 328 g/mol. The normalized spacial score (nSPS) is 12.1. The summed E-state index contributed by atoms with van der Waals surface area (Å²) in [5.74, 6) is 2.04. The molecule has 6 heteroatoms. The molecule has 0 aromatic heterocycles. The van der Waals surface area contributed by atoms with E-state index in [9.17, 15) is 4.79 Å². The van der Waals surface area contributed by atoms with Gasteiger partial charge in [-0.1, -0.05) is 0 Å². The van der Waals surface area contributed by atoms with Crippen molar-refractivity contribution in [2.24, 2.45) is 0 Å². The van der Waals surface area contributed by atoms with Crippen molar-refractivity contribution in [2.45, 2.75) is 20.0 Å². The van der Waals surface area contributed by atoms with Crippen LogP contribution < -0.4 is 24.8 Å². The fourth-order valence-corrected chi connectivity index (χ4v) is 2.28. The van der Waals surface area contributed by atoms with Gasteiger partial charge in [0.05, 0.1) is 12.6 Å². The Bertz CT molecular complexity index is 713. The quantitative estimate of drug-likeness (QED) is 0.852. The molecule has 1 aliphatic heterocycles. The standard InChI is InChI=1S/C18H20N2O4/c1-12(2)24-15-6-3-13(4-7-15)20-18(21)10-19-14-5-8-16-17(9-14)23-11-22-16/h3-9,12,19H,10-11H2,1-2H3,(H,20,21). The van der Waals surface area contributed by atoms with E-state index in [-0.39, 0.29) is 25.3 Å². The maximum absolute atomic E-state index is 12.0. The van der Waals surface area contributed by atoms with Gasteiger partial charge in [-0.25, -0.2) is 0 Å². The van der Waals surface area contributed by atoms with Gasteiger partial charge in [0.25, 0.3) is 0 Å². The number of anilines is 2. The molecule has 24 heavy (non-hydrogen) atoms. The molecule has 0 saturated heterocycles. The predicted octanol–water partition coefficient (Wildman–Crippen LogP) is 3.25. The molecule has 2 aromatic rings. The van der Waals surface area contributed by atoms with E-state index in [2.05, 4.69) is 10.6 Å². The number of nitrogens with one attached hydrogen (secondary N) is 2. The molecule has 1 amide bonds. The summed E-state index contributed by atoms with van der Waals surface area (Å²) in [4.78, 5) is 12.0. The Kier molecular flexibility index (Phi) is 4.74. The van der Waals surface area contributed by atoms with Crippen LogP contribution in [0.5, 0.6) is 17.2 Å². The van der Waals surface area contributed by atoms with Crippen molar-refractivity contribution in [3.63, 3.8) is 0 Å². The first-order valence-corrected chi connectivity index (χ1v) is 7.80. The van der Waals surface area contributed by atoms with Crippen LogP contribution in [0.15, 0.2) is 42.5 Å². The first kappa shape index (κ1) is 16.0. The highest BCUT2D eigenvalue weighted by Crippen LogP contribution is 2.34. The van der Waals surface area contributed by atoms with E-state index in [1.807, 2.05) is 56.3 Å². The number of ether oxygens (including phenoxy) is 3. The summed E-state index contributed by atoms with van der Waals surface area (Å²) in [7, 11) is 0. The molecule has 0 spiro atoms. The van der Waals surface area contributed by atoms with Gasteiger partial charge in [-0.05, 0) is 50.2 Å². The molecule has 0 atom stereocenters. The fraction of sp³-hybridized carbons (Fsp3) is 0.278. The molecule has 3 rings (SSSR count). The summed E-state index contributed by atoms with van der Waals surface area (Å²) in [5, 5.41) is 5.89. The van der Waals surface area contributed by atoms with Gasteiger partial charge in [-0.3, -0.25) is 4.79 Å². The summed E-state index contributed by atoms with van der Waals surface area (Å²) in [6.07, 6.45) is 0.122. The predicted molar refractivity (Wildman–Crippen MR) is 91.9 cm³/mol. The molecule has 0 unspecified atom stereocenters. The molecule has 6 nitrogen and oxygen atoms in total. The van der Waals surface area contributed by atoms with E-state index in [1.165, 1.54) is 0 Å². The number of fused-ring (bicyclic) bond motifs is 1. The molecule has 0 bridgehead atoms. The molecule has 0 saturated carbocycles. The number of hydrogen-bond acceptors (Lipinski definition) is 5. The highest BCUT2D eigenvalue weighted by molar-refractivity contribution is 5.93.